The second-order valence-corrected chi connectivity index (χ2v) is 3.46. The summed E-state index contributed by atoms with van der Waals surface area (Å²) in [5, 5.41) is 16.3. The van der Waals surface area contributed by atoms with Crippen LogP contribution in [0, 0.1) is 0 Å². The third-order valence-corrected chi connectivity index (χ3v) is 2.28. The van der Waals surface area contributed by atoms with Crippen LogP contribution in [0.25, 0.3) is 0 Å². The van der Waals surface area contributed by atoms with Gasteiger partial charge in [0.05, 0.1) is 12.3 Å². The van der Waals surface area contributed by atoms with Gasteiger partial charge in [-0.1, -0.05) is 5.21 Å². The van der Waals surface area contributed by atoms with Gasteiger partial charge in [0.25, 0.3) is 0 Å². The van der Waals surface area contributed by atoms with Crippen molar-refractivity contribution in [2.24, 2.45) is 5.73 Å². The Morgan fingerprint density at radius 3 is 2.88 bits per heavy atom. The van der Waals surface area contributed by atoms with Gasteiger partial charge in [0.2, 0.25) is 0 Å². The van der Waals surface area contributed by atoms with Gasteiger partial charge in [-0.3, -0.25) is 0 Å². The maximum absolute atomic E-state index is 11.5. The van der Waals surface area contributed by atoms with E-state index in [9.17, 15) is 4.79 Å². The molecule has 1 heterocycles. The van der Waals surface area contributed by atoms with Crippen molar-refractivity contribution in [2.45, 2.75) is 32.9 Å². The van der Waals surface area contributed by atoms with Crippen molar-refractivity contribution >= 4 is 5.97 Å². The molecule has 0 saturated heterocycles. The summed E-state index contributed by atoms with van der Waals surface area (Å²) >= 11 is 0. The topological polar surface area (TPSA) is 103 Å². The maximum atomic E-state index is 11.5. The summed E-state index contributed by atoms with van der Waals surface area (Å²) in [5.74, 6) is -0.499. The highest BCUT2D eigenvalue weighted by molar-refractivity contribution is 5.88. The first-order chi connectivity index (χ1) is 8.24. The molecule has 0 radical (unpaired) electrons. The number of nitrogens with two attached hydrogens (primary N) is 1. The Kier molecular flexibility index (Phi) is 5.58. The van der Waals surface area contributed by atoms with Crippen LogP contribution in [0.15, 0.2) is 0 Å². The SMILES string of the molecule is CCOC(=O)c1nnn(CCCCO)c1CN. The Labute approximate surface area is 99.6 Å². The van der Waals surface area contributed by atoms with E-state index in [4.69, 9.17) is 15.6 Å². The van der Waals surface area contributed by atoms with Crippen LogP contribution in [0.2, 0.25) is 0 Å². The quantitative estimate of drug-likeness (QED) is 0.502. The van der Waals surface area contributed by atoms with Gasteiger partial charge in [0.1, 0.15) is 0 Å². The van der Waals surface area contributed by atoms with E-state index in [0.717, 1.165) is 6.42 Å². The van der Waals surface area contributed by atoms with Crippen LogP contribution < -0.4 is 5.73 Å². The standard InChI is InChI=1S/C10H18N4O3/c1-2-17-10(16)9-8(7-11)14(13-12-9)5-3-4-6-15/h15H,2-7,11H2,1H3. The summed E-state index contributed by atoms with van der Waals surface area (Å²) < 4.78 is 6.44. The molecule has 7 nitrogen and oxygen atoms in total. The number of aliphatic hydroxyl groups is 1. The van der Waals surface area contributed by atoms with Crippen molar-refractivity contribution < 1.29 is 14.6 Å². The molecule has 0 spiro atoms. The van der Waals surface area contributed by atoms with Gasteiger partial charge in [-0.15, -0.1) is 5.10 Å². The van der Waals surface area contributed by atoms with Crippen LogP contribution >= 0.6 is 0 Å². The van der Waals surface area contributed by atoms with Gasteiger partial charge in [0.15, 0.2) is 5.69 Å². The lowest BCUT2D eigenvalue weighted by atomic mass is 10.3. The Bertz CT molecular complexity index is 364. The Hall–Kier alpha value is -1.47. The van der Waals surface area contributed by atoms with E-state index >= 15 is 0 Å². The number of carbonyl (C=O) groups excluding carboxylic acids is 1. The predicted molar refractivity (Wildman–Crippen MR) is 60.2 cm³/mol. The van der Waals surface area contributed by atoms with Gasteiger partial charge in [-0.2, -0.15) is 0 Å². The highest BCUT2D eigenvalue weighted by Gasteiger charge is 2.19. The number of carbonyl (C=O) groups is 1. The lowest BCUT2D eigenvalue weighted by Crippen LogP contribution is -2.14. The van der Waals surface area contributed by atoms with Crippen molar-refractivity contribution in [3.8, 4) is 0 Å². The average Bonchev–Trinajstić information content (AvgIpc) is 2.73. The first kappa shape index (κ1) is 13.6. The molecule has 0 aliphatic rings. The molecule has 0 aliphatic carbocycles. The van der Waals surface area contributed by atoms with Crippen molar-refractivity contribution in [3.05, 3.63) is 11.4 Å². The fourth-order valence-corrected chi connectivity index (χ4v) is 1.45. The fraction of sp³-hybridized carbons (Fsp3) is 0.700. The first-order valence-corrected chi connectivity index (χ1v) is 5.65. The molecule has 1 rings (SSSR count). The molecule has 0 unspecified atom stereocenters. The van der Waals surface area contributed by atoms with Crippen molar-refractivity contribution in [1.82, 2.24) is 15.0 Å². The number of ether oxygens (including phenoxy) is 1. The Balaban J connectivity index is 2.76. The molecule has 7 heteroatoms. The molecule has 1 aromatic rings. The van der Waals surface area contributed by atoms with Gasteiger partial charge in [-0.05, 0) is 19.8 Å². The maximum Gasteiger partial charge on any atom is 0.360 e. The lowest BCUT2D eigenvalue weighted by molar-refractivity contribution is 0.0518. The van der Waals surface area contributed by atoms with Gasteiger partial charge >= 0.3 is 5.97 Å². The number of aryl methyl sites for hydroxylation is 1. The molecule has 1 aromatic heterocycles. The zero-order chi connectivity index (χ0) is 12.7. The van der Waals surface area contributed by atoms with E-state index < -0.39 is 5.97 Å². The van der Waals surface area contributed by atoms with E-state index in [1.807, 2.05) is 0 Å². The zero-order valence-electron chi connectivity index (χ0n) is 9.93. The number of rotatable bonds is 7. The lowest BCUT2D eigenvalue weighted by Gasteiger charge is -2.05. The van der Waals surface area contributed by atoms with Crippen LogP contribution in [0.3, 0.4) is 0 Å². The molecule has 0 aromatic carbocycles. The van der Waals surface area contributed by atoms with Crippen molar-refractivity contribution in [3.63, 3.8) is 0 Å². The molecule has 96 valence electrons. The van der Waals surface area contributed by atoms with E-state index in [0.29, 0.717) is 25.3 Å². The monoisotopic (exact) mass is 242 g/mol. The van der Waals surface area contributed by atoms with E-state index in [2.05, 4.69) is 10.3 Å². The first-order valence-electron chi connectivity index (χ1n) is 5.65. The molecule has 0 aliphatic heterocycles. The number of aromatic nitrogens is 3. The third-order valence-electron chi connectivity index (χ3n) is 2.28. The van der Waals surface area contributed by atoms with Crippen LogP contribution in [0.4, 0.5) is 0 Å². The van der Waals surface area contributed by atoms with E-state index in [1.165, 1.54) is 0 Å². The van der Waals surface area contributed by atoms with Crippen LogP contribution in [-0.4, -0.2) is 39.3 Å². The zero-order valence-corrected chi connectivity index (χ0v) is 9.93. The predicted octanol–water partition coefficient (Wildman–Crippen LogP) is -0.314. The third kappa shape index (κ3) is 3.50. The summed E-state index contributed by atoms with van der Waals surface area (Å²) in [5.41, 5.74) is 6.33. The second kappa shape index (κ2) is 6.97. The summed E-state index contributed by atoms with van der Waals surface area (Å²) in [4.78, 5) is 11.5. The average molecular weight is 242 g/mol. The number of esters is 1. The fourth-order valence-electron chi connectivity index (χ4n) is 1.45. The molecule has 17 heavy (non-hydrogen) atoms. The van der Waals surface area contributed by atoms with Crippen LogP contribution in [-0.2, 0) is 17.8 Å². The molecule has 0 atom stereocenters. The Morgan fingerprint density at radius 2 is 2.29 bits per heavy atom. The molecule has 0 saturated carbocycles. The summed E-state index contributed by atoms with van der Waals surface area (Å²) in [6, 6.07) is 0. The largest absolute Gasteiger partial charge is 0.461 e. The van der Waals surface area contributed by atoms with E-state index in [1.54, 1.807) is 11.6 Å². The van der Waals surface area contributed by atoms with Crippen LogP contribution in [0.1, 0.15) is 35.9 Å². The molecule has 0 amide bonds. The molecular formula is C10H18N4O3. The highest BCUT2D eigenvalue weighted by Crippen LogP contribution is 2.07. The van der Waals surface area contributed by atoms with Crippen molar-refractivity contribution in [2.75, 3.05) is 13.2 Å². The number of hydrogen-bond acceptors (Lipinski definition) is 6. The van der Waals surface area contributed by atoms with E-state index in [-0.39, 0.29) is 18.8 Å². The second-order valence-electron chi connectivity index (χ2n) is 3.46. The summed E-state index contributed by atoms with van der Waals surface area (Å²) in [6.07, 6.45) is 1.44. The normalized spacial score (nSPS) is 10.5. The van der Waals surface area contributed by atoms with Gasteiger partial charge in [-0.25, -0.2) is 9.48 Å². The summed E-state index contributed by atoms with van der Waals surface area (Å²) in [6.45, 7) is 2.92. The molecule has 0 bridgehead atoms. The minimum absolute atomic E-state index is 0.136. The number of unbranched alkanes of at least 4 members (excludes halogenated alkanes) is 1. The minimum Gasteiger partial charge on any atom is -0.461 e. The van der Waals surface area contributed by atoms with Crippen LogP contribution in [0.5, 0.6) is 0 Å². The molecule has 0 fully saturated rings. The van der Waals surface area contributed by atoms with Gasteiger partial charge < -0.3 is 15.6 Å². The minimum atomic E-state index is -0.499. The number of hydrogen-bond donors (Lipinski definition) is 2. The van der Waals surface area contributed by atoms with Gasteiger partial charge in [0, 0.05) is 19.7 Å². The smallest absolute Gasteiger partial charge is 0.360 e. The number of nitrogens with zero attached hydrogens (tertiary/aromatic N) is 3. The van der Waals surface area contributed by atoms with Crippen molar-refractivity contribution in [1.29, 1.82) is 0 Å². The Morgan fingerprint density at radius 1 is 1.53 bits per heavy atom. The molecular weight excluding hydrogens is 224 g/mol. The number of aliphatic hydroxyl groups excluding tert-OH is 1. The highest BCUT2D eigenvalue weighted by atomic mass is 16.5. The summed E-state index contributed by atoms with van der Waals surface area (Å²) in [7, 11) is 0. The molecule has 3 N–H and O–H groups in total.